The molecule has 2 atom stereocenters. The predicted octanol–water partition coefficient (Wildman–Crippen LogP) is 19.4. The maximum Gasteiger partial charge on any atom is 0.472 e. The van der Waals surface area contributed by atoms with Gasteiger partial charge in [0.2, 0.25) is 0 Å². The highest BCUT2D eigenvalue weighted by Gasteiger charge is 2.27. The molecule has 0 aromatic rings. The molecule has 2 unspecified atom stereocenters. The second-order valence-electron chi connectivity index (χ2n) is 22.8. The lowest BCUT2D eigenvalue weighted by atomic mass is 10.0. The molecule has 0 spiro atoms. The van der Waals surface area contributed by atoms with E-state index < -0.39 is 26.5 Å². The molecule has 0 heterocycles. The molecule has 0 aliphatic rings. The molecule has 0 aromatic heterocycles. The van der Waals surface area contributed by atoms with Crippen molar-refractivity contribution in [1.29, 1.82) is 0 Å². The number of carbonyl (C=O) groups is 2. The molecule has 0 aliphatic carbocycles. The fourth-order valence-electron chi connectivity index (χ4n) is 9.55. The summed E-state index contributed by atoms with van der Waals surface area (Å²) in [6.45, 7) is 4.41. The SMILES string of the molecule is CCCCCCCCCCCCCCCCCCCCCCCCCCCCCCCCCCCCCCCCCCCC(=O)OC(COC(=O)CCCCCCCC)COP(=O)(O)OCC[N+](C)(C)C. The van der Waals surface area contributed by atoms with Gasteiger partial charge in [-0.05, 0) is 12.8 Å². The summed E-state index contributed by atoms with van der Waals surface area (Å²) in [5.74, 6) is -0.791. The molecule has 0 bridgehead atoms. The monoisotopic (exact) mass is 1030 g/mol. The van der Waals surface area contributed by atoms with E-state index in [2.05, 4.69) is 13.8 Å². The Morgan fingerprint density at radius 2 is 0.634 bits per heavy atom. The van der Waals surface area contributed by atoms with Crippen LogP contribution in [0.25, 0.3) is 0 Å². The first-order valence-corrected chi connectivity index (χ1v) is 32.8. The Labute approximate surface area is 442 Å². The topological polar surface area (TPSA) is 108 Å². The maximum atomic E-state index is 12.7. The van der Waals surface area contributed by atoms with Crippen LogP contribution < -0.4 is 0 Å². The van der Waals surface area contributed by atoms with E-state index in [0.29, 0.717) is 17.4 Å². The highest BCUT2D eigenvalue weighted by atomic mass is 31.2. The molecule has 0 aromatic carbocycles. The molecule has 0 rings (SSSR count). The number of esters is 2. The number of likely N-dealkylation sites (N-methyl/N-ethyl adjacent to an activating group) is 1. The molecule has 10 heteroatoms. The van der Waals surface area contributed by atoms with Crippen LogP contribution in [0.2, 0.25) is 0 Å². The summed E-state index contributed by atoms with van der Waals surface area (Å²) in [6, 6.07) is 0. The van der Waals surface area contributed by atoms with E-state index >= 15 is 0 Å². The zero-order valence-corrected chi connectivity index (χ0v) is 49.1. The summed E-state index contributed by atoms with van der Waals surface area (Å²) < 4.78 is 34.3. The van der Waals surface area contributed by atoms with Gasteiger partial charge in [0.15, 0.2) is 6.10 Å². The third-order valence-electron chi connectivity index (χ3n) is 14.4. The van der Waals surface area contributed by atoms with Gasteiger partial charge in [0.25, 0.3) is 0 Å². The van der Waals surface area contributed by atoms with E-state index in [1.807, 2.05) is 21.1 Å². The van der Waals surface area contributed by atoms with E-state index in [0.717, 1.165) is 38.5 Å². The number of hydrogen-bond acceptors (Lipinski definition) is 7. The quantitative estimate of drug-likeness (QED) is 0.0278. The van der Waals surface area contributed by atoms with Crippen molar-refractivity contribution in [2.75, 3.05) is 47.5 Å². The minimum absolute atomic E-state index is 0.0365. The van der Waals surface area contributed by atoms with Crippen LogP contribution in [0.4, 0.5) is 0 Å². The largest absolute Gasteiger partial charge is 0.472 e. The summed E-state index contributed by atoms with van der Waals surface area (Å²) in [5, 5.41) is 0. The molecule has 0 saturated carbocycles. The smallest absolute Gasteiger partial charge is 0.462 e. The van der Waals surface area contributed by atoms with E-state index in [1.165, 1.54) is 263 Å². The Morgan fingerprint density at radius 3 is 0.901 bits per heavy atom. The van der Waals surface area contributed by atoms with Crippen molar-refractivity contribution < 1.29 is 42.1 Å². The standard InChI is InChI=1S/C61H122NO8P/c1-6-8-10-12-14-15-16-17-18-19-20-21-22-23-24-25-26-27-28-29-30-31-32-33-34-35-36-37-38-39-40-41-42-43-44-45-46-47-48-50-52-54-61(64)70-59(57-67-60(63)53-51-49-13-11-9-7-2)58-69-71(65,66)68-56-55-62(3,4)5/h59H,6-58H2,1-5H3/p+1. The summed E-state index contributed by atoms with van der Waals surface area (Å²) >= 11 is 0. The maximum absolute atomic E-state index is 12.7. The molecule has 424 valence electrons. The second kappa shape index (κ2) is 53.8. The van der Waals surface area contributed by atoms with Crippen molar-refractivity contribution in [3.05, 3.63) is 0 Å². The average Bonchev–Trinajstić information content (AvgIpc) is 3.33. The summed E-state index contributed by atoms with van der Waals surface area (Å²) in [4.78, 5) is 35.3. The molecule has 9 nitrogen and oxygen atoms in total. The first kappa shape index (κ1) is 70.0. The average molecular weight is 1030 g/mol. The second-order valence-corrected chi connectivity index (χ2v) is 24.3. The van der Waals surface area contributed by atoms with E-state index in [4.69, 9.17) is 18.5 Å². The van der Waals surface area contributed by atoms with Gasteiger partial charge < -0.3 is 18.9 Å². The van der Waals surface area contributed by atoms with E-state index in [1.54, 1.807) is 0 Å². The van der Waals surface area contributed by atoms with Gasteiger partial charge >= 0.3 is 19.8 Å². The molecule has 71 heavy (non-hydrogen) atoms. The Bertz CT molecular complexity index is 1160. The lowest BCUT2D eigenvalue weighted by Crippen LogP contribution is -2.37. The highest BCUT2D eigenvalue weighted by molar-refractivity contribution is 7.47. The summed E-state index contributed by atoms with van der Waals surface area (Å²) in [5.41, 5.74) is 0. The van der Waals surface area contributed by atoms with E-state index in [9.17, 15) is 19.0 Å². The summed E-state index contributed by atoms with van der Waals surface area (Å²) in [7, 11) is 1.50. The van der Waals surface area contributed by atoms with Crippen LogP contribution in [-0.4, -0.2) is 74.9 Å². The number of nitrogens with zero attached hydrogens (tertiary/aromatic N) is 1. The van der Waals surface area contributed by atoms with Crippen molar-refractivity contribution in [2.24, 2.45) is 0 Å². The van der Waals surface area contributed by atoms with Crippen molar-refractivity contribution in [3.63, 3.8) is 0 Å². The Hall–Kier alpha value is -0.990. The fourth-order valence-corrected chi connectivity index (χ4v) is 10.3. The zero-order chi connectivity index (χ0) is 52.0. The molecule has 0 radical (unpaired) electrons. The Morgan fingerprint density at radius 1 is 0.380 bits per heavy atom. The predicted molar refractivity (Wildman–Crippen MR) is 303 cm³/mol. The van der Waals surface area contributed by atoms with Gasteiger partial charge in [0.05, 0.1) is 27.7 Å². The van der Waals surface area contributed by atoms with Crippen LogP contribution in [-0.2, 0) is 32.7 Å². The highest BCUT2D eigenvalue weighted by Crippen LogP contribution is 2.43. The van der Waals surface area contributed by atoms with E-state index in [-0.39, 0.29) is 25.6 Å². The Balaban J connectivity index is 3.65. The van der Waals surface area contributed by atoms with Gasteiger partial charge in [-0.15, -0.1) is 0 Å². The van der Waals surface area contributed by atoms with Crippen molar-refractivity contribution >= 4 is 19.8 Å². The third kappa shape index (κ3) is 58.1. The van der Waals surface area contributed by atoms with Crippen LogP contribution >= 0.6 is 7.82 Å². The number of unbranched alkanes of at least 4 members (excludes halogenated alkanes) is 45. The molecule has 0 fully saturated rings. The van der Waals surface area contributed by atoms with Crippen LogP contribution in [0.1, 0.15) is 328 Å². The van der Waals surface area contributed by atoms with Gasteiger partial charge in [-0.25, -0.2) is 4.57 Å². The van der Waals surface area contributed by atoms with Gasteiger partial charge in [-0.1, -0.05) is 303 Å². The minimum atomic E-state index is -4.36. The summed E-state index contributed by atoms with van der Waals surface area (Å²) in [6.07, 6.45) is 62.8. The lowest BCUT2D eigenvalue weighted by Gasteiger charge is -2.24. The van der Waals surface area contributed by atoms with Gasteiger partial charge in [0, 0.05) is 12.8 Å². The lowest BCUT2D eigenvalue weighted by molar-refractivity contribution is -0.870. The van der Waals surface area contributed by atoms with Crippen LogP contribution in [0.5, 0.6) is 0 Å². The van der Waals surface area contributed by atoms with Crippen molar-refractivity contribution in [2.45, 2.75) is 335 Å². The number of rotatable bonds is 59. The molecular formula is C61H123NO8P+. The van der Waals surface area contributed by atoms with Crippen LogP contribution in [0.15, 0.2) is 0 Å². The number of phosphoric acid groups is 1. The van der Waals surface area contributed by atoms with Crippen molar-refractivity contribution in [1.82, 2.24) is 0 Å². The Kier molecular flexibility index (Phi) is 53.1. The number of quaternary nitrogens is 1. The number of hydrogen-bond donors (Lipinski definition) is 1. The van der Waals surface area contributed by atoms with Gasteiger partial charge in [-0.3, -0.25) is 18.6 Å². The molecule has 0 saturated heterocycles. The molecule has 0 aliphatic heterocycles. The fraction of sp³-hybridized carbons (Fsp3) is 0.967. The van der Waals surface area contributed by atoms with Gasteiger partial charge in [-0.2, -0.15) is 0 Å². The first-order chi connectivity index (χ1) is 34.5. The minimum Gasteiger partial charge on any atom is -0.462 e. The van der Waals surface area contributed by atoms with Gasteiger partial charge in [0.1, 0.15) is 19.8 Å². The molecule has 0 amide bonds. The first-order valence-electron chi connectivity index (χ1n) is 31.3. The van der Waals surface area contributed by atoms with Crippen molar-refractivity contribution in [3.8, 4) is 0 Å². The molecule has 1 N–H and O–H groups in total. The normalized spacial score (nSPS) is 13.2. The molecular weight excluding hydrogens is 906 g/mol. The van der Waals surface area contributed by atoms with Crippen LogP contribution in [0, 0.1) is 0 Å². The number of carbonyl (C=O) groups excluding carboxylic acids is 2. The number of ether oxygens (including phenoxy) is 2. The van der Waals surface area contributed by atoms with Crippen LogP contribution in [0.3, 0.4) is 0 Å². The zero-order valence-electron chi connectivity index (χ0n) is 48.3. The number of phosphoric ester groups is 1. The third-order valence-corrected chi connectivity index (χ3v) is 15.4.